The Labute approximate surface area is 145 Å². The van der Waals surface area contributed by atoms with Crippen molar-refractivity contribution in [2.24, 2.45) is 5.10 Å². The van der Waals surface area contributed by atoms with Gasteiger partial charge in [0, 0.05) is 23.3 Å². The number of nitrogens with zero attached hydrogens (tertiary/aromatic N) is 3. The van der Waals surface area contributed by atoms with E-state index in [1.165, 1.54) is 17.6 Å². The largest absolute Gasteiger partial charge is 0.321 e. The highest BCUT2D eigenvalue weighted by Gasteiger charge is 2.07. The van der Waals surface area contributed by atoms with Gasteiger partial charge in [-0.15, -0.1) is 11.3 Å². The molecule has 0 aliphatic carbocycles. The Morgan fingerprint density at radius 2 is 2.28 bits per heavy atom. The fourth-order valence-corrected chi connectivity index (χ4v) is 3.22. The Kier molecular flexibility index (Phi) is 3.87. The fourth-order valence-electron chi connectivity index (χ4n) is 2.50. The summed E-state index contributed by atoms with van der Waals surface area (Å²) < 4.78 is 1.87. The molecule has 0 unspecified atom stereocenters. The van der Waals surface area contributed by atoms with Crippen molar-refractivity contribution < 1.29 is 4.79 Å². The van der Waals surface area contributed by atoms with E-state index in [0.29, 0.717) is 11.3 Å². The van der Waals surface area contributed by atoms with Gasteiger partial charge in [0.25, 0.3) is 5.56 Å². The Balaban J connectivity index is 1.45. The molecular weight excluding hydrogens is 338 g/mol. The molecule has 4 aromatic rings. The molecule has 0 radical (unpaired) electrons. The van der Waals surface area contributed by atoms with E-state index in [2.05, 4.69) is 20.5 Å². The zero-order valence-electron chi connectivity index (χ0n) is 13.0. The summed E-state index contributed by atoms with van der Waals surface area (Å²) in [6.45, 7) is 0. The Morgan fingerprint density at radius 1 is 1.40 bits per heavy atom. The third kappa shape index (κ3) is 3.20. The predicted molar refractivity (Wildman–Crippen MR) is 97.1 cm³/mol. The van der Waals surface area contributed by atoms with E-state index in [1.807, 2.05) is 46.4 Å². The second-order valence-corrected chi connectivity index (χ2v) is 6.31. The first-order valence-corrected chi connectivity index (χ1v) is 8.42. The molecule has 8 heteroatoms. The summed E-state index contributed by atoms with van der Waals surface area (Å²) in [5.74, 6) is -0.292. The van der Waals surface area contributed by atoms with E-state index >= 15 is 0 Å². The number of aromatic amines is 1. The number of carbonyl (C=O) groups excluding carboxylic acids is 1. The first-order valence-electron chi connectivity index (χ1n) is 7.54. The van der Waals surface area contributed by atoms with Crippen molar-refractivity contribution in [2.75, 3.05) is 0 Å². The number of amides is 1. The summed E-state index contributed by atoms with van der Waals surface area (Å²) in [6.07, 6.45) is 5.16. The number of pyridine rings is 1. The molecule has 3 aromatic heterocycles. The van der Waals surface area contributed by atoms with E-state index < -0.39 is 0 Å². The molecule has 0 aliphatic rings. The monoisotopic (exact) mass is 351 g/mol. The highest BCUT2D eigenvalue weighted by Crippen LogP contribution is 2.11. The zero-order chi connectivity index (χ0) is 17.2. The van der Waals surface area contributed by atoms with Gasteiger partial charge in [-0.1, -0.05) is 18.2 Å². The molecule has 1 aromatic carbocycles. The predicted octanol–water partition coefficient (Wildman–Crippen LogP) is 1.93. The molecule has 3 heterocycles. The Hall–Kier alpha value is -3.26. The van der Waals surface area contributed by atoms with Crippen LogP contribution in [0.5, 0.6) is 0 Å². The van der Waals surface area contributed by atoms with Gasteiger partial charge in [-0.05, 0) is 17.5 Å². The van der Waals surface area contributed by atoms with E-state index in [9.17, 15) is 9.59 Å². The molecule has 7 nitrogen and oxygen atoms in total. The number of imidazole rings is 1. The summed E-state index contributed by atoms with van der Waals surface area (Å²) >= 11 is 1.51. The summed E-state index contributed by atoms with van der Waals surface area (Å²) in [7, 11) is 0. The standard InChI is InChI=1S/C17H13N5O2S/c23-15(8-13-10-22-5-6-25-17(22)19-13)21-18-9-12-7-11-3-1-2-4-14(11)20-16(12)24/h1-7,9-10H,8H2,(H,20,24)(H,21,23)/b18-9+. The van der Waals surface area contributed by atoms with Crippen LogP contribution >= 0.6 is 11.3 Å². The number of rotatable bonds is 4. The van der Waals surface area contributed by atoms with Gasteiger partial charge < -0.3 is 4.98 Å². The molecule has 0 fully saturated rings. The van der Waals surface area contributed by atoms with E-state index in [1.54, 1.807) is 6.07 Å². The van der Waals surface area contributed by atoms with Crippen molar-refractivity contribution in [2.45, 2.75) is 6.42 Å². The van der Waals surface area contributed by atoms with Crippen LogP contribution in [0.1, 0.15) is 11.3 Å². The lowest BCUT2D eigenvalue weighted by molar-refractivity contribution is -0.120. The Bertz CT molecular complexity index is 1130. The number of hydrogen-bond donors (Lipinski definition) is 2. The molecular formula is C17H13N5O2S. The normalized spacial score (nSPS) is 11.5. The minimum absolute atomic E-state index is 0.125. The van der Waals surface area contributed by atoms with Gasteiger partial charge in [0.2, 0.25) is 5.91 Å². The molecule has 0 saturated carbocycles. The molecule has 0 atom stereocenters. The zero-order valence-corrected chi connectivity index (χ0v) is 13.8. The maximum Gasteiger partial charge on any atom is 0.257 e. The van der Waals surface area contributed by atoms with Crippen molar-refractivity contribution >= 4 is 39.3 Å². The van der Waals surface area contributed by atoms with Crippen LogP contribution in [0, 0.1) is 0 Å². The van der Waals surface area contributed by atoms with Crippen LogP contribution in [0.15, 0.2) is 58.0 Å². The Morgan fingerprint density at radius 3 is 3.16 bits per heavy atom. The molecule has 0 spiro atoms. The second-order valence-electron chi connectivity index (χ2n) is 5.44. The van der Waals surface area contributed by atoms with E-state index in [-0.39, 0.29) is 17.9 Å². The number of hydrogen-bond acceptors (Lipinski definition) is 5. The molecule has 0 saturated heterocycles. The van der Waals surface area contributed by atoms with Crippen molar-refractivity contribution in [3.63, 3.8) is 0 Å². The highest BCUT2D eigenvalue weighted by atomic mass is 32.1. The van der Waals surface area contributed by atoms with Gasteiger partial charge in [-0.2, -0.15) is 5.10 Å². The maximum atomic E-state index is 12.0. The van der Waals surface area contributed by atoms with Gasteiger partial charge in [0.15, 0.2) is 4.96 Å². The molecule has 0 bridgehead atoms. The first kappa shape index (κ1) is 15.3. The molecule has 1 amide bonds. The minimum Gasteiger partial charge on any atom is -0.321 e. The second kappa shape index (κ2) is 6.33. The molecule has 124 valence electrons. The summed E-state index contributed by atoms with van der Waals surface area (Å²) in [5.41, 5.74) is 3.97. The summed E-state index contributed by atoms with van der Waals surface area (Å²) in [6, 6.07) is 9.19. The molecule has 0 aliphatic heterocycles. The number of benzene rings is 1. The van der Waals surface area contributed by atoms with Gasteiger partial charge in [0.1, 0.15) is 0 Å². The van der Waals surface area contributed by atoms with Crippen LogP contribution in [-0.4, -0.2) is 26.5 Å². The highest BCUT2D eigenvalue weighted by molar-refractivity contribution is 7.15. The molecule has 2 N–H and O–H groups in total. The number of H-pyrrole nitrogens is 1. The van der Waals surface area contributed by atoms with Crippen LogP contribution in [0.4, 0.5) is 0 Å². The van der Waals surface area contributed by atoms with E-state index in [4.69, 9.17) is 0 Å². The van der Waals surface area contributed by atoms with Gasteiger partial charge >= 0.3 is 0 Å². The van der Waals surface area contributed by atoms with Gasteiger partial charge in [-0.25, -0.2) is 10.4 Å². The number of carbonyl (C=O) groups is 1. The number of aromatic nitrogens is 3. The number of fused-ring (bicyclic) bond motifs is 2. The van der Waals surface area contributed by atoms with Crippen LogP contribution in [0.2, 0.25) is 0 Å². The SMILES string of the molecule is O=C(Cc1cn2ccsc2n1)N/N=C/c1cc2ccccc2[nH]c1=O. The summed E-state index contributed by atoms with van der Waals surface area (Å²) in [5, 5.41) is 6.69. The number of para-hydroxylation sites is 1. The van der Waals surface area contributed by atoms with Crippen molar-refractivity contribution in [1.29, 1.82) is 0 Å². The van der Waals surface area contributed by atoms with Crippen molar-refractivity contribution in [1.82, 2.24) is 19.8 Å². The van der Waals surface area contributed by atoms with Gasteiger partial charge in [-0.3, -0.25) is 14.0 Å². The minimum atomic E-state index is -0.292. The topological polar surface area (TPSA) is 91.6 Å². The number of thiazole rings is 1. The van der Waals surface area contributed by atoms with Crippen LogP contribution in [0.3, 0.4) is 0 Å². The quantitative estimate of drug-likeness (QED) is 0.435. The van der Waals surface area contributed by atoms with Crippen molar-refractivity contribution in [3.8, 4) is 0 Å². The maximum absolute atomic E-state index is 12.0. The molecule has 25 heavy (non-hydrogen) atoms. The average Bonchev–Trinajstić information content (AvgIpc) is 3.16. The number of hydrazone groups is 1. The first-order chi connectivity index (χ1) is 12.2. The van der Waals surface area contributed by atoms with Crippen LogP contribution < -0.4 is 11.0 Å². The van der Waals surface area contributed by atoms with Gasteiger partial charge in [0.05, 0.1) is 23.9 Å². The van der Waals surface area contributed by atoms with E-state index in [0.717, 1.165) is 15.9 Å². The van der Waals surface area contributed by atoms with Crippen molar-refractivity contribution in [3.05, 3.63) is 69.7 Å². The smallest absolute Gasteiger partial charge is 0.257 e. The molecule has 4 rings (SSSR count). The lowest BCUT2D eigenvalue weighted by atomic mass is 10.2. The lowest BCUT2D eigenvalue weighted by Gasteiger charge is -1.99. The third-order valence-electron chi connectivity index (χ3n) is 3.66. The average molecular weight is 351 g/mol. The van der Waals surface area contributed by atoms with Crippen LogP contribution in [0.25, 0.3) is 15.9 Å². The fraction of sp³-hybridized carbons (Fsp3) is 0.0588. The van der Waals surface area contributed by atoms with Crippen LogP contribution in [-0.2, 0) is 11.2 Å². The lowest BCUT2D eigenvalue weighted by Crippen LogP contribution is -2.21. The third-order valence-corrected chi connectivity index (χ3v) is 4.43. The summed E-state index contributed by atoms with van der Waals surface area (Å²) in [4.78, 5) is 31.9. The number of nitrogens with one attached hydrogen (secondary N) is 2.